The van der Waals surface area contributed by atoms with Crippen LogP contribution in [0.1, 0.15) is 12.8 Å². The lowest BCUT2D eigenvalue weighted by atomic mass is 10.3. The molecule has 1 saturated carbocycles. The van der Waals surface area contributed by atoms with Crippen molar-refractivity contribution in [3.63, 3.8) is 0 Å². The SMILES string of the molecule is NC(=O)N[C@H]1C[C@@H]1CC(F)F. The average Bonchev–Trinajstić information content (AvgIpc) is 2.43. The van der Waals surface area contributed by atoms with Crippen molar-refractivity contribution in [2.45, 2.75) is 25.3 Å². The molecule has 64 valence electrons. The van der Waals surface area contributed by atoms with Crippen LogP contribution >= 0.6 is 0 Å². The molecule has 1 fully saturated rings. The minimum atomic E-state index is -2.28. The number of rotatable bonds is 3. The molecule has 0 radical (unpaired) electrons. The van der Waals surface area contributed by atoms with E-state index in [4.69, 9.17) is 5.73 Å². The molecule has 0 saturated heterocycles. The molecule has 0 aromatic heterocycles. The van der Waals surface area contributed by atoms with E-state index in [-0.39, 0.29) is 18.4 Å². The second kappa shape index (κ2) is 3.02. The van der Waals surface area contributed by atoms with Crippen LogP contribution in [-0.4, -0.2) is 18.5 Å². The van der Waals surface area contributed by atoms with Crippen molar-refractivity contribution in [3.8, 4) is 0 Å². The zero-order valence-electron chi connectivity index (χ0n) is 5.89. The van der Waals surface area contributed by atoms with E-state index in [0.717, 1.165) is 0 Å². The molecule has 2 atom stereocenters. The normalized spacial score (nSPS) is 28.6. The first kappa shape index (κ1) is 8.23. The van der Waals surface area contributed by atoms with Crippen LogP contribution in [0.25, 0.3) is 0 Å². The van der Waals surface area contributed by atoms with Crippen LogP contribution in [0.2, 0.25) is 0 Å². The number of nitrogens with two attached hydrogens (primary N) is 1. The van der Waals surface area contributed by atoms with Gasteiger partial charge in [0, 0.05) is 12.5 Å². The average molecular weight is 164 g/mol. The fourth-order valence-electron chi connectivity index (χ4n) is 1.10. The Bertz CT molecular complexity index is 163. The van der Waals surface area contributed by atoms with Crippen LogP contribution in [-0.2, 0) is 0 Å². The van der Waals surface area contributed by atoms with Gasteiger partial charge in [0.2, 0.25) is 6.43 Å². The van der Waals surface area contributed by atoms with Gasteiger partial charge in [-0.05, 0) is 12.3 Å². The Balaban J connectivity index is 2.11. The van der Waals surface area contributed by atoms with Crippen molar-refractivity contribution in [1.29, 1.82) is 0 Å². The van der Waals surface area contributed by atoms with Crippen LogP contribution in [0.3, 0.4) is 0 Å². The third-order valence-corrected chi connectivity index (χ3v) is 1.73. The number of carbonyl (C=O) groups excluding carboxylic acids is 1. The van der Waals surface area contributed by atoms with E-state index < -0.39 is 12.5 Å². The Morgan fingerprint density at radius 2 is 2.36 bits per heavy atom. The quantitative estimate of drug-likeness (QED) is 0.633. The van der Waals surface area contributed by atoms with Gasteiger partial charge in [-0.3, -0.25) is 0 Å². The molecule has 0 aliphatic heterocycles. The van der Waals surface area contributed by atoms with Crippen molar-refractivity contribution in [3.05, 3.63) is 0 Å². The lowest BCUT2D eigenvalue weighted by molar-refractivity contribution is 0.129. The van der Waals surface area contributed by atoms with Crippen LogP contribution in [0, 0.1) is 5.92 Å². The number of hydrogen-bond acceptors (Lipinski definition) is 1. The lowest BCUT2D eigenvalue weighted by Crippen LogP contribution is -2.32. The molecular weight excluding hydrogens is 154 g/mol. The molecule has 0 unspecified atom stereocenters. The fraction of sp³-hybridized carbons (Fsp3) is 0.833. The van der Waals surface area contributed by atoms with E-state index in [1.165, 1.54) is 0 Å². The molecule has 0 aromatic carbocycles. The summed E-state index contributed by atoms with van der Waals surface area (Å²) in [4.78, 5) is 10.2. The van der Waals surface area contributed by atoms with Crippen molar-refractivity contribution in [1.82, 2.24) is 5.32 Å². The Hall–Kier alpha value is -0.870. The minimum Gasteiger partial charge on any atom is -0.352 e. The minimum absolute atomic E-state index is 0.0671. The summed E-state index contributed by atoms with van der Waals surface area (Å²) in [6, 6.07) is -0.742. The maximum Gasteiger partial charge on any atom is 0.312 e. The third-order valence-electron chi connectivity index (χ3n) is 1.73. The van der Waals surface area contributed by atoms with Crippen molar-refractivity contribution in [2.24, 2.45) is 11.7 Å². The van der Waals surface area contributed by atoms with Gasteiger partial charge >= 0.3 is 6.03 Å². The van der Waals surface area contributed by atoms with Crippen LogP contribution in [0.5, 0.6) is 0 Å². The highest BCUT2D eigenvalue weighted by molar-refractivity contribution is 5.72. The zero-order chi connectivity index (χ0) is 8.43. The first-order valence-corrected chi connectivity index (χ1v) is 3.43. The van der Waals surface area contributed by atoms with Gasteiger partial charge in [0.05, 0.1) is 0 Å². The monoisotopic (exact) mass is 164 g/mol. The van der Waals surface area contributed by atoms with E-state index in [1.807, 2.05) is 0 Å². The molecular formula is C6H10F2N2O. The molecule has 2 amide bonds. The Morgan fingerprint density at radius 3 is 2.82 bits per heavy atom. The number of primary amides is 1. The Morgan fingerprint density at radius 1 is 1.73 bits per heavy atom. The molecule has 0 aromatic rings. The van der Waals surface area contributed by atoms with Gasteiger partial charge in [0.15, 0.2) is 0 Å². The van der Waals surface area contributed by atoms with Gasteiger partial charge < -0.3 is 11.1 Å². The summed E-state index contributed by atoms with van der Waals surface area (Å²) in [6.45, 7) is 0. The number of carbonyl (C=O) groups is 1. The Kier molecular flexibility index (Phi) is 2.26. The zero-order valence-corrected chi connectivity index (χ0v) is 5.89. The van der Waals surface area contributed by atoms with Gasteiger partial charge in [-0.2, -0.15) is 0 Å². The molecule has 3 nitrogen and oxygen atoms in total. The van der Waals surface area contributed by atoms with Gasteiger partial charge in [0.1, 0.15) is 0 Å². The summed E-state index contributed by atoms with van der Waals surface area (Å²) in [7, 11) is 0. The van der Waals surface area contributed by atoms with Crippen LogP contribution in [0.15, 0.2) is 0 Å². The second-order valence-electron chi connectivity index (χ2n) is 2.74. The van der Waals surface area contributed by atoms with Crippen molar-refractivity contribution in [2.75, 3.05) is 0 Å². The smallest absolute Gasteiger partial charge is 0.312 e. The lowest BCUT2D eigenvalue weighted by Gasteiger charge is -1.99. The molecule has 1 aliphatic carbocycles. The maximum absolute atomic E-state index is 11.7. The van der Waals surface area contributed by atoms with E-state index in [0.29, 0.717) is 6.42 Å². The molecule has 1 aliphatic rings. The summed E-state index contributed by atoms with van der Waals surface area (Å²) in [6.07, 6.45) is -1.78. The van der Waals surface area contributed by atoms with Gasteiger partial charge in [-0.1, -0.05) is 0 Å². The second-order valence-corrected chi connectivity index (χ2v) is 2.74. The van der Waals surface area contributed by atoms with E-state index in [1.54, 1.807) is 0 Å². The first-order valence-electron chi connectivity index (χ1n) is 3.43. The van der Waals surface area contributed by atoms with Gasteiger partial charge in [0.25, 0.3) is 0 Å². The van der Waals surface area contributed by atoms with E-state index in [2.05, 4.69) is 5.32 Å². The largest absolute Gasteiger partial charge is 0.352 e. The summed E-state index contributed by atoms with van der Waals surface area (Å²) in [5.74, 6) is -0.0671. The number of alkyl halides is 2. The highest BCUT2D eigenvalue weighted by atomic mass is 19.3. The predicted octanol–water partition coefficient (Wildman–Crippen LogP) is 0.698. The number of halogens is 2. The van der Waals surface area contributed by atoms with Gasteiger partial charge in [-0.15, -0.1) is 0 Å². The third kappa shape index (κ3) is 2.69. The molecule has 5 heteroatoms. The molecule has 0 bridgehead atoms. The number of amides is 2. The van der Waals surface area contributed by atoms with E-state index in [9.17, 15) is 13.6 Å². The molecule has 1 rings (SSSR count). The predicted molar refractivity (Wildman–Crippen MR) is 35.2 cm³/mol. The molecule has 0 spiro atoms. The van der Waals surface area contributed by atoms with E-state index >= 15 is 0 Å². The summed E-state index contributed by atoms with van der Waals surface area (Å²) in [5, 5.41) is 2.38. The number of hydrogen-bond donors (Lipinski definition) is 2. The van der Waals surface area contributed by atoms with Gasteiger partial charge in [-0.25, -0.2) is 13.6 Å². The highest BCUT2D eigenvalue weighted by Crippen LogP contribution is 2.35. The Labute approximate surface area is 62.9 Å². The van der Waals surface area contributed by atoms with Crippen LogP contribution in [0.4, 0.5) is 13.6 Å². The summed E-state index contributed by atoms with van der Waals surface area (Å²) < 4.78 is 23.4. The molecule has 0 heterocycles. The summed E-state index contributed by atoms with van der Waals surface area (Å²) >= 11 is 0. The summed E-state index contributed by atoms with van der Waals surface area (Å²) in [5.41, 5.74) is 4.79. The van der Waals surface area contributed by atoms with Crippen LogP contribution < -0.4 is 11.1 Å². The first-order chi connectivity index (χ1) is 5.09. The number of urea groups is 1. The maximum atomic E-state index is 11.7. The molecule has 11 heavy (non-hydrogen) atoms. The topological polar surface area (TPSA) is 55.1 Å². The fourth-order valence-corrected chi connectivity index (χ4v) is 1.10. The molecule has 3 N–H and O–H groups in total. The number of nitrogens with one attached hydrogen (secondary N) is 1. The van der Waals surface area contributed by atoms with Crippen molar-refractivity contribution >= 4 is 6.03 Å². The van der Waals surface area contributed by atoms with Crippen molar-refractivity contribution < 1.29 is 13.6 Å². The highest BCUT2D eigenvalue weighted by Gasteiger charge is 2.39. The standard InChI is InChI=1S/C6H10F2N2O/c7-5(8)2-3-1-4(3)10-6(9)11/h3-5H,1-2H2,(H3,9,10,11)/t3-,4+/m1/s1.